The highest BCUT2D eigenvalue weighted by Gasteiger charge is 2.16. The summed E-state index contributed by atoms with van der Waals surface area (Å²) < 4.78 is 2.30. The fourth-order valence-corrected chi connectivity index (χ4v) is 1.90. The van der Waals surface area contributed by atoms with Crippen LogP contribution in [0.1, 0.15) is 19.9 Å². The summed E-state index contributed by atoms with van der Waals surface area (Å²) in [6.07, 6.45) is 1.25. The second-order valence-corrected chi connectivity index (χ2v) is 4.40. The molecule has 7 heteroatoms. The lowest BCUT2D eigenvalue weighted by atomic mass is 10.3. The molecule has 0 atom stereocenters. The number of hydrogen-bond donors (Lipinski definition) is 0. The number of aromatic nitrogens is 3. The van der Waals surface area contributed by atoms with Crippen molar-refractivity contribution in [3.05, 3.63) is 27.0 Å². The van der Waals surface area contributed by atoms with Gasteiger partial charge in [-0.25, -0.2) is 9.67 Å². The molecular formula is C9H9BrN4O2. The quantitative estimate of drug-likeness (QED) is 0.628. The molecule has 2 aromatic rings. The Kier molecular flexibility index (Phi) is 2.63. The van der Waals surface area contributed by atoms with E-state index in [1.165, 1.54) is 12.3 Å². The van der Waals surface area contributed by atoms with E-state index in [2.05, 4.69) is 26.0 Å². The molecule has 0 unspecified atom stereocenters. The first-order valence-corrected chi connectivity index (χ1v) is 5.48. The molecule has 0 aliphatic carbocycles. The minimum absolute atomic E-state index is 0.0310. The molecule has 0 amide bonds. The van der Waals surface area contributed by atoms with Crippen LogP contribution >= 0.6 is 15.9 Å². The van der Waals surface area contributed by atoms with Crippen LogP contribution in [-0.2, 0) is 0 Å². The largest absolute Gasteiger partial charge is 0.288 e. The van der Waals surface area contributed by atoms with Crippen LogP contribution in [0.3, 0.4) is 0 Å². The van der Waals surface area contributed by atoms with Crippen LogP contribution in [-0.4, -0.2) is 19.7 Å². The van der Waals surface area contributed by atoms with Gasteiger partial charge < -0.3 is 0 Å². The molecule has 2 aromatic heterocycles. The van der Waals surface area contributed by atoms with Crippen molar-refractivity contribution in [2.24, 2.45) is 0 Å². The van der Waals surface area contributed by atoms with Gasteiger partial charge in [0, 0.05) is 12.1 Å². The van der Waals surface area contributed by atoms with Gasteiger partial charge in [0.25, 0.3) is 5.69 Å². The maximum Gasteiger partial charge on any atom is 0.288 e. The van der Waals surface area contributed by atoms with Gasteiger partial charge in [-0.3, -0.25) is 10.1 Å². The summed E-state index contributed by atoms with van der Waals surface area (Å²) in [5.74, 6) is 0. The van der Waals surface area contributed by atoms with E-state index < -0.39 is 4.92 Å². The van der Waals surface area contributed by atoms with Crippen LogP contribution in [0, 0.1) is 10.1 Å². The van der Waals surface area contributed by atoms with Gasteiger partial charge in [0.05, 0.1) is 10.3 Å². The Hall–Kier alpha value is -1.50. The minimum Gasteiger partial charge on any atom is -0.258 e. The molecule has 6 nitrogen and oxygen atoms in total. The van der Waals surface area contributed by atoms with Gasteiger partial charge in [0.1, 0.15) is 10.8 Å². The predicted octanol–water partition coefficient (Wildman–Crippen LogP) is 2.68. The zero-order valence-corrected chi connectivity index (χ0v) is 10.3. The SMILES string of the molecule is CC(C)n1nc(Br)c2cc([N+](=O)[O-])cnc21. The molecule has 0 bridgehead atoms. The third-order valence-corrected chi connectivity index (χ3v) is 2.77. The highest BCUT2D eigenvalue weighted by atomic mass is 79.9. The van der Waals surface area contributed by atoms with Crippen molar-refractivity contribution in [3.8, 4) is 0 Å². The number of hydrogen-bond acceptors (Lipinski definition) is 4. The third kappa shape index (κ3) is 1.67. The molecule has 2 rings (SSSR count). The topological polar surface area (TPSA) is 73.8 Å². The summed E-state index contributed by atoms with van der Waals surface area (Å²) in [7, 11) is 0. The summed E-state index contributed by atoms with van der Waals surface area (Å²) in [6.45, 7) is 3.95. The zero-order chi connectivity index (χ0) is 11.9. The van der Waals surface area contributed by atoms with Crippen LogP contribution in [0.25, 0.3) is 11.0 Å². The number of rotatable bonds is 2. The van der Waals surface area contributed by atoms with Gasteiger partial charge in [-0.1, -0.05) is 0 Å². The fraction of sp³-hybridized carbons (Fsp3) is 0.333. The van der Waals surface area contributed by atoms with Crippen LogP contribution in [0.15, 0.2) is 16.9 Å². The third-order valence-electron chi connectivity index (χ3n) is 2.19. The van der Waals surface area contributed by atoms with Crippen molar-refractivity contribution in [1.29, 1.82) is 0 Å². The smallest absolute Gasteiger partial charge is 0.258 e. The normalized spacial score (nSPS) is 11.2. The molecule has 0 saturated heterocycles. The standard InChI is InChI=1S/C9H9BrN4O2/c1-5(2)13-9-7(8(10)12-13)3-6(4-11-9)14(15)16/h3-5H,1-2H3. The highest BCUT2D eigenvalue weighted by molar-refractivity contribution is 9.10. The monoisotopic (exact) mass is 284 g/mol. The molecule has 2 heterocycles. The Bertz CT molecular complexity index is 564. The maximum atomic E-state index is 10.6. The summed E-state index contributed by atoms with van der Waals surface area (Å²) in [6, 6.07) is 1.63. The molecule has 0 aliphatic rings. The molecule has 0 fully saturated rings. The number of fused-ring (bicyclic) bond motifs is 1. The van der Waals surface area contributed by atoms with E-state index in [-0.39, 0.29) is 11.7 Å². The first kappa shape index (κ1) is 11.0. The number of pyridine rings is 1. The molecule has 0 saturated carbocycles. The average molecular weight is 285 g/mol. The number of nitro groups is 1. The molecule has 0 aliphatic heterocycles. The van der Waals surface area contributed by atoms with Crippen LogP contribution < -0.4 is 0 Å². The summed E-state index contributed by atoms with van der Waals surface area (Å²) in [5.41, 5.74) is 0.615. The lowest BCUT2D eigenvalue weighted by Gasteiger charge is -2.04. The number of nitrogens with zero attached hydrogens (tertiary/aromatic N) is 4. The average Bonchev–Trinajstić information content (AvgIpc) is 2.56. The molecule has 84 valence electrons. The first-order chi connectivity index (χ1) is 7.50. The van der Waals surface area contributed by atoms with Gasteiger partial charge in [-0.15, -0.1) is 0 Å². The van der Waals surface area contributed by atoms with E-state index in [1.54, 1.807) is 4.68 Å². The molecule has 16 heavy (non-hydrogen) atoms. The van der Waals surface area contributed by atoms with Gasteiger partial charge in [0.2, 0.25) is 0 Å². The molecule has 0 N–H and O–H groups in total. The Balaban J connectivity index is 2.71. The number of halogens is 1. The van der Waals surface area contributed by atoms with E-state index in [9.17, 15) is 10.1 Å². The van der Waals surface area contributed by atoms with Crippen molar-refractivity contribution < 1.29 is 4.92 Å². The van der Waals surface area contributed by atoms with Crippen molar-refractivity contribution in [1.82, 2.24) is 14.8 Å². The van der Waals surface area contributed by atoms with Crippen molar-refractivity contribution in [3.63, 3.8) is 0 Å². The molecule has 0 aromatic carbocycles. The van der Waals surface area contributed by atoms with Crippen molar-refractivity contribution >= 4 is 32.7 Å². The van der Waals surface area contributed by atoms with Crippen LogP contribution in [0.5, 0.6) is 0 Å². The van der Waals surface area contributed by atoms with Gasteiger partial charge in [0.15, 0.2) is 5.65 Å². The lowest BCUT2D eigenvalue weighted by Crippen LogP contribution is -2.03. The Morgan fingerprint density at radius 3 is 2.81 bits per heavy atom. The van der Waals surface area contributed by atoms with E-state index in [0.717, 1.165) is 0 Å². The maximum absolute atomic E-state index is 10.6. The second kappa shape index (κ2) is 3.82. The fourth-order valence-electron chi connectivity index (χ4n) is 1.44. The van der Waals surface area contributed by atoms with Crippen LogP contribution in [0.2, 0.25) is 0 Å². The molecule has 0 spiro atoms. The van der Waals surface area contributed by atoms with E-state index in [4.69, 9.17) is 0 Å². The lowest BCUT2D eigenvalue weighted by molar-refractivity contribution is -0.385. The first-order valence-electron chi connectivity index (χ1n) is 4.69. The van der Waals surface area contributed by atoms with Gasteiger partial charge in [-0.05, 0) is 29.8 Å². The Morgan fingerprint density at radius 2 is 2.25 bits per heavy atom. The second-order valence-electron chi connectivity index (χ2n) is 3.65. The van der Waals surface area contributed by atoms with E-state index in [1.807, 2.05) is 13.8 Å². The molecule has 0 radical (unpaired) electrons. The Labute approximate surface area is 99.6 Å². The van der Waals surface area contributed by atoms with Crippen LogP contribution in [0.4, 0.5) is 5.69 Å². The summed E-state index contributed by atoms with van der Waals surface area (Å²) in [5, 5.41) is 15.5. The molecular weight excluding hydrogens is 276 g/mol. The van der Waals surface area contributed by atoms with Gasteiger partial charge in [-0.2, -0.15) is 5.10 Å². The zero-order valence-electron chi connectivity index (χ0n) is 8.72. The van der Waals surface area contributed by atoms with E-state index >= 15 is 0 Å². The summed E-state index contributed by atoms with van der Waals surface area (Å²) in [4.78, 5) is 14.2. The minimum atomic E-state index is -0.467. The van der Waals surface area contributed by atoms with Crippen molar-refractivity contribution in [2.45, 2.75) is 19.9 Å². The van der Waals surface area contributed by atoms with Gasteiger partial charge >= 0.3 is 0 Å². The van der Waals surface area contributed by atoms with E-state index in [0.29, 0.717) is 15.6 Å². The summed E-state index contributed by atoms with van der Waals surface area (Å²) >= 11 is 3.27. The van der Waals surface area contributed by atoms with Crippen molar-refractivity contribution in [2.75, 3.05) is 0 Å². The predicted molar refractivity (Wildman–Crippen MR) is 62.3 cm³/mol. The Morgan fingerprint density at radius 1 is 1.56 bits per heavy atom. The highest BCUT2D eigenvalue weighted by Crippen LogP contribution is 2.27.